The summed E-state index contributed by atoms with van der Waals surface area (Å²) in [5.41, 5.74) is 0. The highest BCUT2D eigenvalue weighted by atomic mass is 16.8. The molecule has 454 valence electrons. The van der Waals surface area contributed by atoms with Gasteiger partial charge in [-0.15, -0.1) is 0 Å². The molecular formula is C43H73NO34. The molecule has 21 fully saturated rings. The Morgan fingerprint density at radius 2 is 0.372 bits per heavy atom. The average molecular weight is 1150 g/mol. The van der Waals surface area contributed by atoms with Crippen molar-refractivity contribution in [2.75, 3.05) is 53.3 Å². The maximum absolute atomic E-state index is 11.6. The fourth-order valence-corrected chi connectivity index (χ4v) is 10.8. The monoisotopic (exact) mass is 1150 g/mol. The molecule has 0 unspecified atom stereocenters. The summed E-state index contributed by atoms with van der Waals surface area (Å²) in [6.45, 7) is -7.05. The van der Waals surface area contributed by atoms with Gasteiger partial charge in [0, 0.05) is 0 Å². The lowest BCUT2D eigenvalue weighted by Crippen LogP contribution is -2.69. The van der Waals surface area contributed by atoms with Gasteiger partial charge in [0.2, 0.25) is 0 Å². The Labute approximate surface area is 441 Å². The Kier molecular flexibility index (Phi) is 21.4. The third kappa shape index (κ3) is 12.1. The van der Waals surface area contributed by atoms with Gasteiger partial charge in [0.15, 0.2) is 44.0 Å². The van der Waals surface area contributed by atoms with Gasteiger partial charge in [0.05, 0.1) is 52.3 Å². The molecule has 35 nitrogen and oxygen atoms in total. The first-order valence-corrected chi connectivity index (χ1v) is 25.1. The molecule has 0 aromatic carbocycles. The first kappa shape index (κ1) is 62.6. The zero-order valence-corrected chi connectivity index (χ0v) is 41.3. The van der Waals surface area contributed by atoms with E-state index in [0.717, 1.165) is 0 Å². The second-order valence-electron chi connectivity index (χ2n) is 20.0. The van der Waals surface area contributed by atoms with Crippen LogP contribution in [0.15, 0.2) is 0 Å². The van der Waals surface area contributed by atoms with E-state index in [1.165, 1.54) is 7.05 Å². The van der Waals surface area contributed by atoms with Crippen molar-refractivity contribution < 1.29 is 168 Å². The first-order valence-electron chi connectivity index (χ1n) is 25.1. The van der Waals surface area contributed by atoms with Crippen LogP contribution in [-0.4, -0.2) is 370 Å². The van der Waals surface area contributed by atoms with Crippen molar-refractivity contribution in [2.45, 2.75) is 215 Å². The zero-order chi connectivity index (χ0) is 56.8. The molecule has 0 radical (unpaired) electrons. The number of ether oxygens (including phenoxy) is 14. The number of aliphatic hydroxyl groups excluding tert-OH is 20. The SMILES string of the molecule is CN[C@H]1[C@H](O)[C@H]2O[C@H]3[C@H](O)[C@@H](O)[C@@H](O[C@H]4[C@H](O)[C@@H](O)[C@@H](O[C@H]5[C@H](O)[C@@H](O)[C@@H](O[C@H]6[C@H](O)[C@@H](O)[C@@H](O[C@H]7[C@H](O)[C@@H](O)[C@@H](O[C@H]8[C@H](O)[C@@H](O)[C@@H](O[C@@H]1[C@@H](CO)O2)O[C@@H]8CO)O[C@@H]7CO)O[C@@H]6CO)O[C@@H]5CO)O[C@@H]4CO)O[C@@H]3CO. The van der Waals surface area contributed by atoms with Crippen LogP contribution in [0.1, 0.15) is 0 Å². The highest BCUT2D eigenvalue weighted by Gasteiger charge is 2.59. The minimum Gasteiger partial charge on any atom is -0.394 e. The minimum atomic E-state index is -2.20. The maximum atomic E-state index is 11.6. The lowest BCUT2D eigenvalue weighted by molar-refractivity contribution is -0.396. The quantitative estimate of drug-likeness (QED) is 0.107. The largest absolute Gasteiger partial charge is 0.394 e. The summed E-state index contributed by atoms with van der Waals surface area (Å²) in [6, 6.07) is -1.36. The van der Waals surface area contributed by atoms with E-state index in [4.69, 9.17) is 66.3 Å². The Hall–Kier alpha value is -1.40. The van der Waals surface area contributed by atoms with E-state index in [9.17, 15) is 102 Å². The number of hydrogen-bond donors (Lipinski definition) is 21. The van der Waals surface area contributed by atoms with Gasteiger partial charge in [-0.25, -0.2) is 0 Å². The predicted molar refractivity (Wildman–Crippen MR) is 235 cm³/mol. The number of nitrogens with one attached hydrogen (secondary N) is 1. The summed E-state index contributed by atoms with van der Waals surface area (Å²) >= 11 is 0. The second-order valence-corrected chi connectivity index (χ2v) is 20.0. The number of aliphatic hydroxyl groups is 20. The van der Waals surface area contributed by atoms with Crippen LogP contribution in [0.5, 0.6) is 0 Å². The van der Waals surface area contributed by atoms with Crippen molar-refractivity contribution >= 4 is 0 Å². The van der Waals surface area contributed by atoms with Gasteiger partial charge in [0.1, 0.15) is 165 Å². The predicted octanol–water partition coefficient (Wildman–Crippen LogP) is -15.0. The van der Waals surface area contributed by atoms with Crippen molar-refractivity contribution in [2.24, 2.45) is 0 Å². The molecule has 78 heavy (non-hydrogen) atoms. The summed E-state index contributed by atoms with van der Waals surface area (Å²) in [5, 5.41) is 223. The lowest BCUT2D eigenvalue weighted by Gasteiger charge is -2.50. The highest BCUT2D eigenvalue weighted by molar-refractivity contribution is 5.02. The summed E-state index contributed by atoms with van der Waals surface area (Å²) in [7, 11) is 1.32. The van der Waals surface area contributed by atoms with Crippen LogP contribution < -0.4 is 5.32 Å². The van der Waals surface area contributed by atoms with Gasteiger partial charge in [0.25, 0.3) is 0 Å². The van der Waals surface area contributed by atoms with Crippen LogP contribution in [0.4, 0.5) is 0 Å². The summed E-state index contributed by atoms with van der Waals surface area (Å²) < 4.78 is 80.6. The molecule has 0 saturated carbocycles. The number of hydrogen-bond acceptors (Lipinski definition) is 35. The van der Waals surface area contributed by atoms with Crippen molar-refractivity contribution in [3.63, 3.8) is 0 Å². The van der Waals surface area contributed by atoms with E-state index in [0.29, 0.717) is 0 Å². The maximum Gasteiger partial charge on any atom is 0.187 e. The van der Waals surface area contributed by atoms with Crippen molar-refractivity contribution in [1.82, 2.24) is 5.32 Å². The van der Waals surface area contributed by atoms with E-state index in [-0.39, 0.29) is 0 Å². The summed E-state index contributed by atoms with van der Waals surface area (Å²) in [5.74, 6) is 0. The van der Waals surface area contributed by atoms with Crippen molar-refractivity contribution in [1.29, 1.82) is 0 Å². The fourth-order valence-electron chi connectivity index (χ4n) is 10.8. The van der Waals surface area contributed by atoms with E-state index in [2.05, 4.69) is 5.32 Å². The molecule has 0 spiro atoms. The fraction of sp³-hybridized carbons (Fsp3) is 1.00. The standard InChI is InChI=1S/C43H73NO34/c1-44-16-17(52)37-65-9(2-45)30(16)72-38-24(59)18(53)32(11(4-47)66-38)74-40-26(61)20(55)34(13(6-49)68-40)76-42-28(63)22(57)36(15(8-51)70-42)78-43-29(64)23(58)35(14(7-50)71-43)77-41-27(62)21(56)33(12(5-48)69-41)75-39-25(60)19(54)31(73-37)10(3-46)67-39/h9-64H,2-8H2,1H3/t9-,10-,11-,12-,13-,14-,15-,16+,17+,18-,19-,20-,21-,22-,23-,24-,25-,26-,27-,28-,29-,30-,31-,32-,33-,34-,35-,36-,37-,38-,39-,40-,41-,42-,43-/m1/s1. The Balaban J connectivity index is 1.08. The van der Waals surface area contributed by atoms with Crippen LogP contribution in [0, 0.1) is 0 Å². The molecular weight excluding hydrogens is 1070 g/mol. The Bertz CT molecular complexity index is 1840. The van der Waals surface area contributed by atoms with E-state index in [1.807, 2.05) is 0 Å². The molecule has 21 aliphatic heterocycles. The third-order valence-electron chi connectivity index (χ3n) is 15.2. The lowest BCUT2D eigenvalue weighted by atomic mass is 9.94. The van der Waals surface area contributed by atoms with Gasteiger partial charge >= 0.3 is 0 Å². The molecule has 21 heterocycles. The van der Waals surface area contributed by atoms with Gasteiger partial charge < -0.3 is 174 Å². The van der Waals surface area contributed by atoms with Crippen LogP contribution in [0.25, 0.3) is 0 Å². The molecule has 0 aromatic heterocycles. The molecule has 0 aliphatic carbocycles. The van der Waals surface area contributed by atoms with Gasteiger partial charge in [-0.3, -0.25) is 0 Å². The molecule has 21 N–H and O–H groups in total. The normalized spacial score (nSPS) is 54.8. The topological polar surface area (TPSA) is 546 Å². The minimum absolute atomic E-state index is 0.921. The Morgan fingerprint density at radius 1 is 0.218 bits per heavy atom. The molecule has 35 atom stereocenters. The van der Waals surface area contributed by atoms with Crippen LogP contribution >= 0.6 is 0 Å². The molecule has 0 aromatic rings. The second kappa shape index (κ2) is 26.7. The zero-order valence-electron chi connectivity index (χ0n) is 41.3. The molecule has 21 rings (SSSR count). The number of rotatable bonds is 8. The van der Waals surface area contributed by atoms with Crippen LogP contribution in [-0.2, 0) is 66.3 Å². The molecule has 21 saturated heterocycles. The Morgan fingerprint density at radius 3 is 0.538 bits per heavy atom. The smallest absolute Gasteiger partial charge is 0.187 e. The molecule has 21 aliphatic rings. The first-order chi connectivity index (χ1) is 37.2. The van der Waals surface area contributed by atoms with Gasteiger partial charge in [-0.2, -0.15) is 0 Å². The van der Waals surface area contributed by atoms with Gasteiger partial charge in [-0.1, -0.05) is 0 Å². The van der Waals surface area contributed by atoms with Crippen molar-refractivity contribution in [3.8, 4) is 0 Å². The molecule has 35 heteroatoms. The van der Waals surface area contributed by atoms with E-state index >= 15 is 0 Å². The average Bonchev–Trinajstić information content (AvgIpc) is 3.50. The van der Waals surface area contributed by atoms with Gasteiger partial charge in [-0.05, 0) is 7.05 Å². The summed E-state index contributed by atoms with van der Waals surface area (Å²) in [6.07, 6.45) is -66.0. The summed E-state index contributed by atoms with van der Waals surface area (Å²) in [4.78, 5) is 0. The van der Waals surface area contributed by atoms with E-state index in [1.54, 1.807) is 0 Å². The highest BCUT2D eigenvalue weighted by Crippen LogP contribution is 2.39. The number of likely N-dealkylation sites (N-methyl/N-ethyl adjacent to an activating group) is 1. The van der Waals surface area contributed by atoms with E-state index < -0.39 is 261 Å². The third-order valence-corrected chi connectivity index (χ3v) is 15.2. The van der Waals surface area contributed by atoms with Crippen molar-refractivity contribution in [3.05, 3.63) is 0 Å². The van der Waals surface area contributed by atoms with Crippen LogP contribution in [0.2, 0.25) is 0 Å². The molecule has 14 bridgehead atoms. The van der Waals surface area contributed by atoms with Crippen LogP contribution in [0.3, 0.4) is 0 Å². The molecule has 0 amide bonds.